The van der Waals surface area contributed by atoms with Gasteiger partial charge in [-0.05, 0) is 6.92 Å². The quantitative estimate of drug-likeness (QED) is 0.395. The summed E-state index contributed by atoms with van der Waals surface area (Å²) in [7, 11) is 0. The normalized spacial score (nSPS) is 15.8. The Bertz CT molecular complexity index is 10.8. The van der Waals surface area contributed by atoms with E-state index >= 15 is 0 Å². The van der Waals surface area contributed by atoms with Gasteiger partial charge in [0.2, 0.25) is 6.36 Å². The van der Waals surface area contributed by atoms with E-state index in [9.17, 15) is 4.39 Å². The zero-order valence-electron chi connectivity index (χ0n) is 2.36. The van der Waals surface area contributed by atoms with Crippen LogP contribution in [0.1, 0.15) is 6.92 Å². The van der Waals surface area contributed by atoms with Crippen LogP contribution in [0.4, 0.5) is 4.39 Å². The third kappa shape index (κ3) is 124. The maximum atomic E-state index is 10.4. The predicted molar refractivity (Wildman–Crippen MR) is 11.3 cm³/mol. The van der Waals surface area contributed by atoms with E-state index in [0.717, 1.165) is 6.92 Å². The van der Waals surface area contributed by atoms with Crippen LogP contribution < -0.4 is 0 Å². The summed E-state index contributed by atoms with van der Waals surface area (Å²) in [5.41, 5.74) is 0. The van der Waals surface area contributed by atoms with Crippen molar-refractivity contribution in [3.05, 3.63) is 0 Å². The number of alkyl halides is 1. The molecule has 0 spiro atoms. The molecule has 0 aliphatic heterocycles. The van der Waals surface area contributed by atoms with Gasteiger partial charge < -0.3 is 0 Å². The molecular weight excluding hydrogens is 59.0 g/mol. The van der Waals surface area contributed by atoms with Gasteiger partial charge in [0.25, 0.3) is 0 Å². The minimum Gasteiger partial charge on any atom is -0.213 e. The third-order valence-electron chi connectivity index (χ3n) is 0. The van der Waals surface area contributed by atoms with Gasteiger partial charge in [0.05, 0.1) is 0 Å². The zero-order valence-corrected chi connectivity index (χ0v) is 2.36. The molecule has 4 heavy (non-hydrogen) atoms. The van der Waals surface area contributed by atoms with Crippen molar-refractivity contribution in [1.82, 2.24) is 0 Å². The number of halogens is 1. The molecule has 25 valence electrons. The molecule has 0 N–H and O–H groups in total. The average molecular weight is 63.1 g/mol. The number of hydrogen-bond donors (Lipinski definition) is 0. The lowest BCUT2D eigenvalue weighted by atomic mass is 10.8. The first-order valence-corrected chi connectivity index (χ1v) is 1.03. The standard InChI is InChI=1S/C2H4FO/c1-2(3)4/h2H,1H3/t2-/m1/s1. The van der Waals surface area contributed by atoms with Gasteiger partial charge in [0, 0.05) is 0 Å². The lowest BCUT2D eigenvalue weighted by Crippen LogP contribution is -1.78. The van der Waals surface area contributed by atoms with E-state index in [4.69, 9.17) is 5.11 Å². The Morgan fingerprint density at radius 1 is 2.00 bits per heavy atom. The van der Waals surface area contributed by atoms with Crippen molar-refractivity contribution in [2.75, 3.05) is 0 Å². The van der Waals surface area contributed by atoms with Crippen molar-refractivity contribution >= 4 is 0 Å². The molecule has 0 unspecified atom stereocenters. The summed E-state index contributed by atoms with van der Waals surface area (Å²) < 4.78 is 10.4. The van der Waals surface area contributed by atoms with Gasteiger partial charge in [0.1, 0.15) is 0 Å². The molecule has 0 aromatic carbocycles. The fourth-order valence-corrected chi connectivity index (χ4v) is 0. The van der Waals surface area contributed by atoms with Gasteiger partial charge in [-0.3, -0.25) is 0 Å². The highest BCUT2D eigenvalue weighted by atomic mass is 19.1. The summed E-state index contributed by atoms with van der Waals surface area (Å²) in [5, 5.41) is 8.86. The van der Waals surface area contributed by atoms with Crippen LogP contribution in [0.5, 0.6) is 0 Å². The molecule has 1 atom stereocenters. The second-order valence-corrected chi connectivity index (χ2v) is 0.543. The maximum Gasteiger partial charge on any atom is 0.228 e. The molecule has 0 heterocycles. The van der Waals surface area contributed by atoms with Gasteiger partial charge >= 0.3 is 0 Å². The van der Waals surface area contributed by atoms with Crippen molar-refractivity contribution in [3.63, 3.8) is 0 Å². The van der Waals surface area contributed by atoms with Crippen LogP contribution in [-0.2, 0) is 5.11 Å². The minimum absolute atomic E-state index is 0.944. The van der Waals surface area contributed by atoms with E-state index in [1.165, 1.54) is 0 Å². The molecule has 1 radical (unpaired) electrons. The van der Waals surface area contributed by atoms with Gasteiger partial charge in [-0.15, -0.1) is 0 Å². The van der Waals surface area contributed by atoms with Crippen LogP contribution in [0.2, 0.25) is 0 Å². The zero-order chi connectivity index (χ0) is 3.58. The van der Waals surface area contributed by atoms with Crippen LogP contribution in [0.3, 0.4) is 0 Å². The molecule has 0 aliphatic rings. The van der Waals surface area contributed by atoms with Crippen LogP contribution >= 0.6 is 0 Å². The highest BCUT2D eigenvalue weighted by Gasteiger charge is 1.79. The number of hydrogen-bond acceptors (Lipinski definition) is 0. The minimum atomic E-state index is -1.92. The Labute approximate surface area is 24.1 Å². The summed E-state index contributed by atoms with van der Waals surface area (Å²) in [6.07, 6.45) is -1.92. The Morgan fingerprint density at radius 3 is 2.00 bits per heavy atom. The van der Waals surface area contributed by atoms with Crippen molar-refractivity contribution in [1.29, 1.82) is 0 Å². The monoisotopic (exact) mass is 63.0 g/mol. The van der Waals surface area contributed by atoms with Gasteiger partial charge in [-0.2, -0.15) is 5.11 Å². The molecule has 0 saturated heterocycles. The molecular formula is C2H4FO. The Morgan fingerprint density at radius 2 is 2.00 bits per heavy atom. The SMILES string of the molecule is C[C@@H]([O])F. The van der Waals surface area contributed by atoms with Crippen LogP contribution in [-0.4, -0.2) is 6.36 Å². The van der Waals surface area contributed by atoms with Crippen molar-refractivity contribution in [2.24, 2.45) is 0 Å². The largest absolute Gasteiger partial charge is 0.228 e. The highest BCUT2D eigenvalue weighted by Crippen LogP contribution is 1.73. The molecule has 1 nitrogen and oxygen atoms in total. The highest BCUT2D eigenvalue weighted by molar-refractivity contribution is 4.03. The first-order chi connectivity index (χ1) is 1.73. The van der Waals surface area contributed by atoms with E-state index in [0.29, 0.717) is 0 Å². The van der Waals surface area contributed by atoms with Gasteiger partial charge in [-0.1, -0.05) is 0 Å². The molecule has 0 aromatic heterocycles. The molecule has 0 rings (SSSR count). The molecule has 0 aliphatic carbocycles. The van der Waals surface area contributed by atoms with Crippen LogP contribution in [0, 0.1) is 0 Å². The maximum absolute atomic E-state index is 10.4. The molecule has 0 aromatic rings. The Balaban J connectivity index is 2.32. The molecule has 0 bridgehead atoms. The Kier molecular flexibility index (Phi) is 1.20. The molecule has 2 heteroatoms. The summed E-state index contributed by atoms with van der Waals surface area (Å²) in [6.45, 7) is 0.944. The van der Waals surface area contributed by atoms with Crippen molar-refractivity contribution in [3.8, 4) is 0 Å². The van der Waals surface area contributed by atoms with Crippen LogP contribution in [0.15, 0.2) is 0 Å². The summed E-state index contributed by atoms with van der Waals surface area (Å²) in [4.78, 5) is 0. The lowest BCUT2D eigenvalue weighted by molar-refractivity contribution is -0.00571. The van der Waals surface area contributed by atoms with E-state index in [2.05, 4.69) is 0 Å². The van der Waals surface area contributed by atoms with E-state index < -0.39 is 6.36 Å². The predicted octanol–water partition coefficient (Wildman–Crippen LogP) is 0.732. The van der Waals surface area contributed by atoms with E-state index in [1.807, 2.05) is 0 Å². The van der Waals surface area contributed by atoms with Crippen molar-refractivity contribution in [2.45, 2.75) is 13.3 Å². The fraction of sp³-hybridized carbons (Fsp3) is 1.00. The molecule has 0 saturated carbocycles. The van der Waals surface area contributed by atoms with Gasteiger partial charge in [-0.25, -0.2) is 4.39 Å². The topological polar surface area (TPSA) is 19.9 Å². The molecule has 0 fully saturated rings. The smallest absolute Gasteiger partial charge is 0.213 e. The van der Waals surface area contributed by atoms with Gasteiger partial charge in [0.15, 0.2) is 0 Å². The fourth-order valence-electron chi connectivity index (χ4n) is 0. The van der Waals surface area contributed by atoms with Crippen molar-refractivity contribution < 1.29 is 9.50 Å². The lowest BCUT2D eigenvalue weighted by Gasteiger charge is -1.70. The second-order valence-electron chi connectivity index (χ2n) is 0.543. The summed E-state index contributed by atoms with van der Waals surface area (Å²) in [5.74, 6) is 0. The molecule has 0 amide bonds. The average Bonchev–Trinajstić information content (AvgIpc) is 0.811. The summed E-state index contributed by atoms with van der Waals surface area (Å²) >= 11 is 0. The van der Waals surface area contributed by atoms with Crippen LogP contribution in [0.25, 0.3) is 0 Å². The second kappa shape index (κ2) is 1.24. The number of rotatable bonds is 0. The summed E-state index contributed by atoms with van der Waals surface area (Å²) in [6, 6.07) is 0. The first-order valence-electron chi connectivity index (χ1n) is 1.03. The first kappa shape index (κ1) is 3.89. The van der Waals surface area contributed by atoms with E-state index in [-0.39, 0.29) is 0 Å². The third-order valence-corrected chi connectivity index (χ3v) is 0. The van der Waals surface area contributed by atoms with E-state index in [1.54, 1.807) is 0 Å². The Hall–Kier alpha value is -0.110.